The molecule has 132 valence electrons. The normalized spacial score (nSPS) is 15.7. The van der Waals surface area contributed by atoms with Crippen LogP contribution in [-0.4, -0.2) is 53.7 Å². The summed E-state index contributed by atoms with van der Waals surface area (Å²) in [5.41, 5.74) is -0.763. The van der Waals surface area contributed by atoms with Gasteiger partial charge in [-0.25, -0.2) is 4.79 Å². The van der Waals surface area contributed by atoms with Gasteiger partial charge < -0.3 is 9.84 Å². The van der Waals surface area contributed by atoms with Gasteiger partial charge in [0.2, 0.25) is 5.60 Å². The Labute approximate surface area is 152 Å². The fraction of sp³-hybridized carbons (Fsp3) is 0.350. The van der Waals surface area contributed by atoms with Gasteiger partial charge in [-0.3, -0.25) is 4.90 Å². The van der Waals surface area contributed by atoms with Crippen molar-refractivity contribution in [2.24, 2.45) is 0 Å². The molecule has 25 heavy (non-hydrogen) atoms. The van der Waals surface area contributed by atoms with Crippen LogP contribution >= 0.6 is 11.8 Å². The van der Waals surface area contributed by atoms with Gasteiger partial charge in [-0.1, -0.05) is 60.7 Å². The molecule has 5 heteroatoms. The molecule has 1 aliphatic heterocycles. The van der Waals surface area contributed by atoms with Crippen LogP contribution in [0.4, 0.5) is 0 Å². The van der Waals surface area contributed by atoms with Crippen molar-refractivity contribution in [3.05, 3.63) is 71.8 Å². The molecule has 3 rings (SSSR count). The third kappa shape index (κ3) is 4.24. The maximum absolute atomic E-state index is 12.8. The van der Waals surface area contributed by atoms with Crippen LogP contribution in [0.2, 0.25) is 0 Å². The number of ether oxygens (including phenoxy) is 1. The molecule has 0 atom stereocenters. The highest BCUT2D eigenvalue weighted by molar-refractivity contribution is 7.99. The first-order valence-corrected chi connectivity index (χ1v) is 9.67. The zero-order chi connectivity index (χ0) is 17.5. The summed E-state index contributed by atoms with van der Waals surface area (Å²) < 4.78 is 5.48. The molecule has 0 aromatic heterocycles. The van der Waals surface area contributed by atoms with Crippen LogP contribution in [0.1, 0.15) is 11.1 Å². The zero-order valence-corrected chi connectivity index (χ0v) is 15.0. The van der Waals surface area contributed by atoms with E-state index in [9.17, 15) is 9.90 Å². The van der Waals surface area contributed by atoms with Gasteiger partial charge in [-0.05, 0) is 11.1 Å². The highest BCUT2D eigenvalue weighted by Gasteiger charge is 2.41. The minimum absolute atomic E-state index is 0.283. The number of nitrogens with zero attached hydrogens (tertiary/aromatic N) is 1. The van der Waals surface area contributed by atoms with Gasteiger partial charge in [0.25, 0.3) is 0 Å². The summed E-state index contributed by atoms with van der Waals surface area (Å²) in [6.45, 7) is 3.02. The van der Waals surface area contributed by atoms with Gasteiger partial charge in [0.15, 0.2) is 0 Å². The van der Waals surface area contributed by atoms with E-state index in [1.807, 2.05) is 48.2 Å². The van der Waals surface area contributed by atoms with Gasteiger partial charge >= 0.3 is 5.97 Å². The Morgan fingerprint density at radius 3 is 2.04 bits per heavy atom. The average molecular weight is 357 g/mol. The van der Waals surface area contributed by atoms with E-state index in [1.165, 1.54) is 0 Å². The molecule has 0 amide bonds. The minimum Gasteiger partial charge on any atom is -0.462 e. The first-order valence-electron chi connectivity index (χ1n) is 8.52. The smallest absolute Gasteiger partial charge is 0.347 e. The number of hydrogen-bond acceptors (Lipinski definition) is 5. The summed E-state index contributed by atoms with van der Waals surface area (Å²) in [6, 6.07) is 17.9. The fourth-order valence-electron chi connectivity index (χ4n) is 2.96. The lowest BCUT2D eigenvalue weighted by atomic mass is 9.86. The van der Waals surface area contributed by atoms with Gasteiger partial charge in [0.1, 0.15) is 6.61 Å². The van der Waals surface area contributed by atoms with Crippen molar-refractivity contribution in [1.82, 2.24) is 4.90 Å². The van der Waals surface area contributed by atoms with Crippen molar-refractivity contribution in [3.8, 4) is 0 Å². The molecule has 1 N–H and O–H groups in total. The standard InChI is InChI=1S/C20H23NO3S/c22-19(24-14-11-21-12-15-25-16-13-21)20(23,17-7-3-1-4-8-17)18-9-5-2-6-10-18/h1-10,23H,11-16H2. The lowest BCUT2D eigenvalue weighted by Gasteiger charge is -2.29. The first-order chi connectivity index (χ1) is 12.2. The van der Waals surface area contributed by atoms with Crippen molar-refractivity contribution in [2.45, 2.75) is 5.60 Å². The van der Waals surface area contributed by atoms with Gasteiger partial charge in [0.05, 0.1) is 0 Å². The van der Waals surface area contributed by atoms with E-state index in [4.69, 9.17) is 4.74 Å². The molecule has 0 unspecified atom stereocenters. The Morgan fingerprint density at radius 1 is 1.00 bits per heavy atom. The van der Waals surface area contributed by atoms with Gasteiger partial charge in [-0.15, -0.1) is 0 Å². The molecule has 1 aliphatic rings. The number of carbonyl (C=O) groups excluding carboxylic acids is 1. The van der Waals surface area contributed by atoms with E-state index in [2.05, 4.69) is 4.90 Å². The first kappa shape index (κ1) is 18.0. The molecule has 1 fully saturated rings. The summed E-state index contributed by atoms with van der Waals surface area (Å²) in [5, 5.41) is 11.3. The molecular formula is C20H23NO3S. The number of hydrogen-bond donors (Lipinski definition) is 1. The SMILES string of the molecule is O=C(OCCN1CCSCC1)C(O)(c1ccccc1)c1ccccc1. The second kappa shape index (κ2) is 8.52. The average Bonchev–Trinajstić information content (AvgIpc) is 2.69. The molecule has 2 aromatic rings. The van der Waals surface area contributed by atoms with Crippen LogP contribution in [0.3, 0.4) is 0 Å². The van der Waals surface area contributed by atoms with Crippen LogP contribution < -0.4 is 0 Å². The van der Waals surface area contributed by atoms with Crippen LogP contribution in [0.5, 0.6) is 0 Å². The second-order valence-electron chi connectivity index (χ2n) is 6.03. The van der Waals surface area contributed by atoms with Crippen molar-refractivity contribution >= 4 is 17.7 Å². The summed E-state index contributed by atoms with van der Waals surface area (Å²) in [4.78, 5) is 15.1. The third-order valence-corrected chi connectivity index (χ3v) is 5.37. The summed E-state index contributed by atoms with van der Waals surface area (Å²) >= 11 is 1.95. The van der Waals surface area contributed by atoms with Crippen molar-refractivity contribution in [2.75, 3.05) is 37.7 Å². The predicted molar refractivity (Wildman–Crippen MR) is 101 cm³/mol. The summed E-state index contributed by atoms with van der Waals surface area (Å²) in [6.07, 6.45) is 0. The Balaban J connectivity index is 1.74. The molecule has 4 nitrogen and oxygen atoms in total. The highest BCUT2D eigenvalue weighted by Crippen LogP contribution is 2.31. The van der Waals surface area contributed by atoms with Crippen LogP contribution in [0.15, 0.2) is 60.7 Å². The number of esters is 1. The van der Waals surface area contributed by atoms with E-state index in [0.717, 1.165) is 24.6 Å². The number of rotatable bonds is 6. The maximum Gasteiger partial charge on any atom is 0.347 e. The lowest BCUT2D eigenvalue weighted by Crippen LogP contribution is -2.41. The van der Waals surface area contributed by atoms with E-state index >= 15 is 0 Å². The molecule has 1 saturated heterocycles. The summed E-state index contributed by atoms with van der Waals surface area (Å²) in [5.74, 6) is 1.61. The molecule has 0 radical (unpaired) electrons. The zero-order valence-electron chi connectivity index (χ0n) is 14.1. The summed E-state index contributed by atoms with van der Waals surface area (Å²) in [7, 11) is 0. The molecule has 0 spiro atoms. The minimum atomic E-state index is -1.79. The Bertz CT molecular complexity index is 632. The molecule has 0 saturated carbocycles. The molecule has 2 aromatic carbocycles. The van der Waals surface area contributed by atoms with Crippen LogP contribution in [0, 0.1) is 0 Å². The second-order valence-corrected chi connectivity index (χ2v) is 7.26. The predicted octanol–water partition coefficient (Wildman–Crippen LogP) is 2.51. The van der Waals surface area contributed by atoms with E-state index in [1.54, 1.807) is 24.3 Å². The van der Waals surface area contributed by atoms with Crippen LogP contribution in [-0.2, 0) is 15.1 Å². The lowest BCUT2D eigenvalue weighted by molar-refractivity contribution is -0.162. The van der Waals surface area contributed by atoms with Crippen molar-refractivity contribution in [3.63, 3.8) is 0 Å². The number of benzene rings is 2. The third-order valence-electron chi connectivity index (χ3n) is 4.42. The molecule has 1 heterocycles. The van der Waals surface area contributed by atoms with Gasteiger partial charge in [0, 0.05) is 31.1 Å². The van der Waals surface area contributed by atoms with Crippen LogP contribution in [0.25, 0.3) is 0 Å². The van der Waals surface area contributed by atoms with E-state index in [-0.39, 0.29) is 6.61 Å². The largest absolute Gasteiger partial charge is 0.462 e. The Morgan fingerprint density at radius 2 is 1.52 bits per heavy atom. The van der Waals surface area contributed by atoms with Crippen molar-refractivity contribution in [1.29, 1.82) is 0 Å². The Hall–Kier alpha value is -1.82. The number of carbonyl (C=O) groups is 1. The molecular weight excluding hydrogens is 334 g/mol. The quantitative estimate of drug-likeness (QED) is 0.805. The van der Waals surface area contributed by atoms with Crippen molar-refractivity contribution < 1.29 is 14.6 Å². The van der Waals surface area contributed by atoms with E-state index < -0.39 is 11.6 Å². The highest BCUT2D eigenvalue weighted by atomic mass is 32.2. The molecule has 0 aliphatic carbocycles. The molecule has 0 bridgehead atoms. The Kier molecular flexibility index (Phi) is 6.13. The monoisotopic (exact) mass is 357 g/mol. The topological polar surface area (TPSA) is 49.8 Å². The number of thioether (sulfide) groups is 1. The van der Waals surface area contributed by atoms with E-state index in [0.29, 0.717) is 17.7 Å². The van der Waals surface area contributed by atoms with Gasteiger partial charge in [-0.2, -0.15) is 11.8 Å². The fourth-order valence-corrected chi connectivity index (χ4v) is 3.94. The maximum atomic E-state index is 12.8. The number of aliphatic hydroxyl groups is 1.